The molecule has 0 aliphatic heterocycles. The molecule has 0 aliphatic rings. The molecule has 0 aliphatic carbocycles. The standard InChI is InChI=1S/C24H19Cl2N3O/c25-18-11-19(26)23-20(27-14-16-7-3-1-4-8-16)13-22(29-21(23)12-18)24(30)28-15-17-9-5-2-6-10-17/h1-13H,14-15H2,(H,27,29)(H,28,30). The number of nitrogens with one attached hydrogen (secondary N) is 2. The van der Waals surface area contributed by atoms with Crippen molar-refractivity contribution in [3.05, 3.63) is 106 Å². The van der Waals surface area contributed by atoms with Gasteiger partial charge in [-0.3, -0.25) is 4.79 Å². The van der Waals surface area contributed by atoms with E-state index in [-0.39, 0.29) is 5.91 Å². The number of hydrogen-bond acceptors (Lipinski definition) is 3. The molecule has 150 valence electrons. The number of carbonyl (C=O) groups excluding carboxylic acids is 1. The van der Waals surface area contributed by atoms with E-state index >= 15 is 0 Å². The van der Waals surface area contributed by atoms with Crippen LogP contribution in [0.5, 0.6) is 0 Å². The van der Waals surface area contributed by atoms with Gasteiger partial charge in [0.15, 0.2) is 0 Å². The van der Waals surface area contributed by atoms with E-state index in [1.54, 1.807) is 18.2 Å². The Morgan fingerprint density at radius 3 is 2.13 bits per heavy atom. The van der Waals surface area contributed by atoms with Gasteiger partial charge in [0, 0.05) is 29.2 Å². The van der Waals surface area contributed by atoms with Gasteiger partial charge in [-0.2, -0.15) is 0 Å². The summed E-state index contributed by atoms with van der Waals surface area (Å²) in [4.78, 5) is 17.3. The first-order valence-corrected chi connectivity index (χ1v) is 10.3. The molecule has 0 spiro atoms. The molecule has 6 heteroatoms. The fourth-order valence-electron chi connectivity index (χ4n) is 3.20. The Bertz CT molecular complexity index is 1180. The molecule has 0 radical (unpaired) electrons. The summed E-state index contributed by atoms with van der Waals surface area (Å²) in [6.45, 7) is 1.01. The van der Waals surface area contributed by atoms with E-state index in [1.165, 1.54) is 0 Å². The third-order valence-electron chi connectivity index (χ3n) is 4.68. The van der Waals surface area contributed by atoms with Gasteiger partial charge < -0.3 is 10.6 Å². The number of benzene rings is 3. The predicted molar refractivity (Wildman–Crippen MR) is 123 cm³/mol. The SMILES string of the molecule is O=C(NCc1ccccc1)c1cc(NCc2ccccc2)c2c(Cl)cc(Cl)cc2n1. The van der Waals surface area contributed by atoms with Gasteiger partial charge in [-0.25, -0.2) is 4.98 Å². The number of pyridine rings is 1. The second-order valence-corrected chi connectivity index (χ2v) is 7.69. The Labute approximate surface area is 184 Å². The van der Waals surface area contributed by atoms with Crippen molar-refractivity contribution < 1.29 is 4.79 Å². The fourth-order valence-corrected chi connectivity index (χ4v) is 3.79. The van der Waals surface area contributed by atoms with E-state index in [0.717, 1.165) is 22.2 Å². The Hall–Kier alpha value is -3.08. The maximum atomic E-state index is 12.8. The van der Waals surface area contributed by atoms with Crippen LogP contribution in [0.2, 0.25) is 10.0 Å². The van der Waals surface area contributed by atoms with E-state index < -0.39 is 0 Å². The Morgan fingerprint density at radius 1 is 0.833 bits per heavy atom. The Kier molecular flexibility index (Phi) is 6.17. The molecule has 1 aromatic heterocycles. The summed E-state index contributed by atoms with van der Waals surface area (Å²) in [5.41, 5.74) is 3.72. The summed E-state index contributed by atoms with van der Waals surface area (Å²) < 4.78 is 0. The largest absolute Gasteiger partial charge is 0.380 e. The van der Waals surface area contributed by atoms with E-state index in [1.807, 2.05) is 60.7 Å². The molecule has 3 aromatic carbocycles. The molecule has 0 saturated heterocycles. The van der Waals surface area contributed by atoms with Gasteiger partial charge in [0.1, 0.15) is 5.69 Å². The number of amides is 1. The third kappa shape index (κ3) is 4.73. The van der Waals surface area contributed by atoms with Crippen molar-refractivity contribution in [2.75, 3.05) is 5.32 Å². The number of carbonyl (C=O) groups is 1. The summed E-state index contributed by atoms with van der Waals surface area (Å²) in [6, 6.07) is 24.8. The molecular formula is C24H19Cl2N3O. The molecule has 1 heterocycles. The molecule has 2 N–H and O–H groups in total. The van der Waals surface area contributed by atoms with Crippen molar-refractivity contribution in [2.45, 2.75) is 13.1 Å². The summed E-state index contributed by atoms with van der Waals surface area (Å²) in [6.07, 6.45) is 0. The first-order valence-electron chi connectivity index (χ1n) is 9.50. The van der Waals surface area contributed by atoms with E-state index in [9.17, 15) is 4.79 Å². The van der Waals surface area contributed by atoms with Crippen LogP contribution in [0, 0.1) is 0 Å². The summed E-state index contributed by atoms with van der Waals surface area (Å²) in [7, 11) is 0. The second kappa shape index (κ2) is 9.16. The lowest BCUT2D eigenvalue weighted by atomic mass is 10.1. The minimum absolute atomic E-state index is 0.264. The average molecular weight is 436 g/mol. The summed E-state index contributed by atoms with van der Waals surface area (Å²) >= 11 is 12.6. The molecular weight excluding hydrogens is 417 g/mol. The van der Waals surface area contributed by atoms with Crippen LogP contribution in [0.3, 0.4) is 0 Å². The number of halogens is 2. The zero-order valence-corrected chi connectivity index (χ0v) is 17.5. The van der Waals surface area contributed by atoms with Crippen molar-refractivity contribution >= 4 is 45.7 Å². The first kappa shape index (κ1) is 20.2. The van der Waals surface area contributed by atoms with Crippen molar-refractivity contribution in [3.8, 4) is 0 Å². The highest BCUT2D eigenvalue weighted by Gasteiger charge is 2.15. The van der Waals surface area contributed by atoms with Gasteiger partial charge in [0.25, 0.3) is 5.91 Å². The monoisotopic (exact) mass is 435 g/mol. The molecule has 0 atom stereocenters. The van der Waals surface area contributed by atoms with Crippen LogP contribution in [0.4, 0.5) is 5.69 Å². The predicted octanol–water partition coefficient (Wildman–Crippen LogP) is 6.08. The smallest absolute Gasteiger partial charge is 0.270 e. The molecule has 4 nitrogen and oxygen atoms in total. The minimum atomic E-state index is -0.264. The highest BCUT2D eigenvalue weighted by Crippen LogP contribution is 2.33. The van der Waals surface area contributed by atoms with Gasteiger partial charge in [0.05, 0.1) is 10.5 Å². The molecule has 0 unspecified atom stereocenters. The quantitative estimate of drug-likeness (QED) is 0.385. The number of anilines is 1. The van der Waals surface area contributed by atoms with Gasteiger partial charge in [-0.15, -0.1) is 0 Å². The van der Waals surface area contributed by atoms with E-state index in [2.05, 4.69) is 15.6 Å². The van der Waals surface area contributed by atoms with Crippen LogP contribution in [0.15, 0.2) is 78.9 Å². The van der Waals surface area contributed by atoms with Crippen molar-refractivity contribution in [1.29, 1.82) is 0 Å². The summed E-state index contributed by atoms with van der Waals surface area (Å²) in [5, 5.41) is 7.99. The van der Waals surface area contributed by atoms with E-state index in [4.69, 9.17) is 23.2 Å². The molecule has 30 heavy (non-hydrogen) atoms. The number of hydrogen-bond donors (Lipinski definition) is 2. The highest BCUT2D eigenvalue weighted by atomic mass is 35.5. The molecule has 0 bridgehead atoms. The zero-order chi connectivity index (χ0) is 20.9. The average Bonchev–Trinajstić information content (AvgIpc) is 2.76. The number of aromatic nitrogens is 1. The van der Waals surface area contributed by atoms with Crippen LogP contribution in [-0.2, 0) is 13.1 Å². The summed E-state index contributed by atoms with van der Waals surface area (Å²) in [5.74, 6) is -0.264. The Balaban J connectivity index is 1.65. The van der Waals surface area contributed by atoms with Crippen molar-refractivity contribution in [3.63, 3.8) is 0 Å². The number of rotatable bonds is 6. The second-order valence-electron chi connectivity index (χ2n) is 6.84. The van der Waals surface area contributed by atoms with Gasteiger partial charge in [-0.05, 0) is 29.3 Å². The lowest BCUT2D eigenvalue weighted by molar-refractivity contribution is 0.0946. The van der Waals surface area contributed by atoms with E-state index in [0.29, 0.717) is 34.3 Å². The minimum Gasteiger partial charge on any atom is -0.380 e. The fraction of sp³-hybridized carbons (Fsp3) is 0.0833. The first-order chi connectivity index (χ1) is 14.6. The highest BCUT2D eigenvalue weighted by molar-refractivity contribution is 6.39. The van der Waals surface area contributed by atoms with Crippen LogP contribution in [-0.4, -0.2) is 10.9 Å². The topological polar surface area (TPSA) is 54.0 Å². The van der Waals surface area contributed by atoms with Crippen LogP contribution >= 0.6 is 23.2 Å². The molecule has 0 saturated carbocycles. The number of nitrogens with zero attached hydrogens (tertiary/aromatic N) is 1. The molecule has 4 aromatic rings. The van der Waals surface area contributed by atoms with Gasteiger partial charge in [0.2, 0.25) is 0 Å². The number of fused-ring (bicyclic) bond motifs is 1. The van der Waals surface area contributed by atoms with Gasteiger partial charge >= 0.3 is 0 Å². The normalized spacial score (nSPS) is 10.7. The molecule has 4 rings (SSSR count). The van der Waals surface area contributed by atoms with Gasteiger partial charge in [-0.1, -0.05) is 83.9 Å². The van der Waals surface area contributed by atoms with Crippen molar-refractivity contribution in [1.82, 2.24) is 10.3 Å². The zero-order valence-electron chi connectivity index (χ0n) is 16.0. The van der Waals surface area contributed by atoms with Crippen LogP contribution < -0.4 is 10.6 Å². The molecule has 1 amide bonds. The van der Waals surface area contributed by atoms with Crippen LogP contribution in [0.25, 0.3) is 10.9 Å². The third-order valence-corrected chi connectivity index (χ3v) is 5.20. The van der Waals surface area contributed by atoms with Crippen molar-refractivity contribution in [2.24, 2.45) is 0 Å². The lowest BCUT2D eigenvalue weighted by Gasteiger charge is -2.14. The maximum absolute atomic E-state index is 12.8. The Morgan fingerprint density at radius 2 is 1.47 bits per heavy atom. The molecule has 0 fully saturated rings. The maximum Gasteiger partial charge on any atom is 0.270 e. The lowest BCUT2D eigenvalue weighted by Crippen LogP contribution is -2.24. The van der Waals surface area contributed by atoms with Crippen LogP contribution in [0.1, 0.15) is 21.6 Å².